The normalized spacial score (nSPS) is 18.5. The first-order chi connectivity index (χ1) is 13.2. The molecule has 5 heteroatoms. The van der Waals surface area contributed by atoms with Crippen LogP contribution in [0.4, 0.5) is 0 Å². The molecule has 0 spiro atoms. The Kier molecular flexibility index (Phi) is 5.94. The lowest BCUT2D eigenvalue weighted by Gasteiger charge is -2.38. The topological polar surface area (TPSA) is 76.4 Å². The van der Waals surface area contributed by atoms with E-state index in [1.54, 1.807) is 12.2 Å². The minimum absolute atomic E-state index is 0.465. The minimum atomic E-state index is -0.875. The summed E-state index contributed by atoms with van der Waals surface area (Å²) < 4.78 is 5.53. The molecule has 1 unspecified atom stereocenters. The molecule has 3 rings (SSSR count). The van der Waals surface area contributed by atoms with Crippen LogP contribution in [0.3, 0.4) is 0 Å². The first-order valence-corrected chi connectivity index (χ1v) is 9.13. The Balaban J connectivity index is 1.88. The van der Waals surface area contributed by atoms with E-state index in [1.165, 1.54) is 5.56 Å². The van der Waals surface area contributed by atoms with Crippen molar-refractivity contribution in [3.05, 3.63) is 89.6 Å². The van der Waals surface area contributed by atoms with Crippen molar-refractivity contribution in [1.82, 2.24) is 10.6 Å². The highest BCUT2D eigenvalue weighted by molar-refractivity contribution is 5.95. The molecular weight excluding hydrogens is 338 g/mol. The van der Waals surface area contributed by atoms with Crippen LogP contribution in [0.5, 0.6) is 5.75 Å². The molecule has 140 valence electrons. The fourth-order valence-corrected chi connectivity index (χ4v) is 3.28. The van der Waals surface area contributed by atoms with Crippen molar-refractivity contribution in [3.63, 3.8) is 0 Å². The number of primary amides is 1. The van der Waals surface area contributed by atoms with Crippen LogP contribution in [0.15, 0.2) is 78.5 Å². The summed E-state index contributed by atoms with van der Waals surface area (Å²) in [5, 5.41) is 6.83. The monoisotopic (exact) mass is 363 g/mol. The van der Waals surface area contributed by atoms with Crippen molar-refractivity contribution in [3.8, 4) is 5.75 Å². The molecule has 27 heavy (non-hydrogen) atoms. The highest BCUT2D eigenvalue weighted by Crippen LogP contribution is 2.30. The van der Waals surface area contributed by atoms with Crippen molar-refractivity contribution < 1.29 is 9.53 Å². The van der Waals surface area contributed by atoms with E-state index < -0.39 is 11.6 Å². The van der Waals surface area contributed by atoms with E-state index in [0.717, 1.165) is 17.7 Å². The first-order valence-electron chi connectivity index (χ1n) is 9.13. The lowest BCUT2D eigenvalue weighted by atomic mass is 9.88. The quantitative estimate of drug-likeness (QED) is 0.674. The fraction of sp³-hybridized carbons (Fsp3) is 0.227. The molecule has 1 atom stereocenters. The van der Waals surface area contributed by atoms with E-state index in [9.17, 15) is 4.79 Å². The molecule has 0 aliphatic carbocycles. The highest BCUT2D eigenvalue weighted by Gasteiger charge is 2.38. The van der Waals surface area contributed by atoms with Crippen molar-refractivity contribution in [2.75, 3.05) is 13.2 Å². The number of ether oxygens (including phenoxy) is 1. The predicted molar refractivity (Wildman–Crippen MR) is 107 cm³/mol. The van der Waals surface area contributed by atoms with Gasteiger partial charge in [0.15, 0.2) is 0 Å². The summed E-state index contributed by atoms with van der Waals surface area (Å²) in [5.74, 6) is 0.324. The maximum atomic E-state index is 12.2. The Morgan fingerprint density at radius 1 is 1.15 bits per heavy atom. The molecule has 5 nitrogen and oxygen atoms in total. The number of amides is 1. The van der Waals surface area contributed by atoms with E-state index in [-0.39, 0.29) is 0 Å². The van der Waals surface area contributed by atoms with E-state index >= 15 is 0 Å². The number of allylic oxidation sites excluding steroid dienone is 2. The molecule has 0 saturated heterocycles. The molecule has 0 fully saturated rings. The Morgan fingerprint density at radius 2 is 1.89 bits per heavy atom. The van der Waals surface area contributed by atoms with Crippen LogP contribution in [0, 0.1) is 0 Å². The zero-order valence-corrected chi connectivity index (χ0v) is 15.4. The average molecular weight is 363 g/mol. The zero-order chi connectivity index (χ0) is 19.1. The van der Waals surface area contributed by atoms with E-state index in [4.69, 9.17) is 10.5 Å². The number of nitrogens with one attached hydrogen (secondary N) is 2. The van der Waals surface area contributed by atoms with Gasteiger partial charge in [0, 0.05) is 6.54 Å². The van der Waals surface area contributed by atoms with Gasteiger partial charge < -0.3 is 15.8 Å². The van der Waals surface area contributed by atoms with Crippen molar-refractivity contribution in [1.29, 1.82) is 0 Å². The molecule has 0 saturated carbocycles. The second-order valence-electron chi connectivity index (χ2n) is 6.32. The summed E-state index contributed by atoms with van der Waals surface area (Å²) in [5.41, 5.74) is 7.42. The molecule has 0 aromatic heterocycles. The lowest BCUT2D eigenvalue weighted by molar-refractivity contribution is -0.115. The third-order valence-corrected chi connectivity index (χ3v) is 4.57. The molecule has 2 aromatic rings. The van der Waals surface area contributed by atoms with Crippen molar-refractivity contribution >= 4 is 5.91 Å². The molecule has 0 radical (unpaired) electrons. The largest absolute Gasteiger partial charge is 0.494 e. The van der Waals surface area contributed by atoms with Gasteiger partial charge >= 0.3 is 0 Å². The second-order valence-corrected chi connectivity index (χ2v) is 6.32. The van der Waals surface area contributed by atoms with Gasteiger partial charge in [0.05, 0.1) is 12.2 Å². The van der Waals surface area contributed by atoms with Gasteiger partial charge in [-0.05, 0) is 55.0 Å². The number of hydrogen-bond acceptors (Lipinski definition) is 4. The van der Waals surface area contributed by atoms with Crippen LogP contribution in [-0.4, -0.2) is 19.1 Å². The minimum Gasteiger partial charge on any atom is -0.494 e. The van der Waals surface area contributed by atoms with Crippen LogP contribution >= 0.6 is 0 Å². The van der Waals surface area contributed by atoms with Gasteiger partial charge in [0.25, 0.3) is 0 Å². The Morgan fingerprint density at radius 3 is 2.56 bits per heavy atom. The first kappa shape index (κ1) is 18.7. The highest BCUT2D eigenvalue weighted by atomic mass is 16.5. The summed E-state index contributed by atoms with van der Waals surface area (Å²) in [6, 6.07) is 17.9. The average Bonchev–Trinajstić information content (AvgIpc) is 2.70. The van der Waals surface area contributed by atoms with Crippen molar-refractivity contribution in [2.24, 2.45) is 5.73 Å². The van der Waals surface area contributed by atoms with Crippen LogP contribution in [0.25, 0.3) is 0 Å². The van der Waals surface area contributed by atoms with Gasteiger partial charge in [-0.3, -0.25) is 10.1 Å². The molecule has 4 N–H and O–H groups in total. The van der Waals surface area contributed by atoms with Gasteiger partial charge in [-0.2, -0.15) is 0 Å². The Bertz CT molecular complexity index is 828. The van der Waals surface area contributed by atoms with E-state index in [1.807, 2.05) is 55.6 Å². The van der Waals surface area contributed by atoms with Gasteiger partial charge in [-0.15, -0.1) is 0 Å². The van der Waals surface area contributed by atoms with Crippen molar-refractivity contribution in [2.45, 2.75) is 19.0 Å². The smallest absolute Gasteiger partial charge is 0.248 e. The molecular formula is C22H25N3O2. The molecule has 1 heterocycles. The SMILES string of the molecule is CCOc1ccc(C2(NCCc3ccccc3)NC=CC=C2C(N)=O)cc1. The van der Waals surface area contributed by atoms with Crippen LogP contribution in [0.2, 0.25) is 0 Å². The fourth-order valence-electron chi connectivity index (χ4n) is 3.28. The van der Waals surface area contributed by atoms with Crippen LogP contribution in [0.1, 0.15) is 18.1 Å². The van der Waals surface area contributed by atoms with Gasteiger partial charge in [-0.1, -0.05) is 42.5 Å². The number of hydrogen-bond donors (Lipinski definition) is 3. The summed E-state index contributed by atoms with van der Waals surface area (Å²) in [6.45, 7) is 3.22. The molecule has 1 aliphatic heterocycles. The number of carbonyl (C=O) groups is 1. The summed E-state index contributed by atoms with van der Waals surface area (Å²) >= 11 is 0. The number of rotatable bonds is 8. The summed E-state index contributed by atoms with van der Waals surface area (Å²) in [6.07, 6.45) is 6.19. The number of benzene rings is 2. The van der Waals surface area contributed by atoms with Gasteiger partial charge in [-0.25, -0.2) is 0 Å². The molecule has 1 aliphatic rings. The Hall–Kier alpha value is -3.05. The predicted octanol–water partition coefficient (Wildman–Crippen LogP) is 2.60. The Labute approximate surface area is 159 Å². The lowest BCUT2D eigenvalue weighted by Crippen LogP contribution is -2.57. The number of nitrogens with two attached hydrogens (primary N) is 1. The zero-order valence-electron chi connectivity index (χ0n) is 15.4. The summed E-state index contributed by atoms with van der Waals surface area (Å²) in [7, 11) is 0. The van der Waals surface area contributed by atoms with Crippen LogP contribution in [-0.2, 0) is 16.9 Å². The van der Waals surface area contributed by atoms with E-state index in [2.05, 4.69) is 22.8 Å². The number of carbonyl (C=O) groups excluding carboxylic acids is 1. The van der Waals surface area contributed by atoms with Gasteiger partial charge in [0.2, 0.25) is 5.91 Å². The molecule has 0 bridgehead atoms. The van der Waals surface area contributed by atoms with Crippen LogP contribution < -0.4 is 21.1 Å². The molecule has 2 aromatic carbocycles. The van der Waals surface area contributed by atoms with Gasteiger partial charge in [0.1, 0.15) is 11.4 Å². The summed E-state index contributed by atoms with van der Waals surface area (Å²) in [4.78, 5) is 12.2. The standard InChI is InChI=1S/C22H25N3O2/c1-2-27-19-12-10-18(11-13-19)22(20(21(23)26)9-6-15-24-22)25-16-14-17-7-4-3-5-8-17/h3-13,15,24-25H,2,14,16H2,1H3,(H2,23,26). The third-order valence-electron chi connectivity index (χ3n) is 4.57. The second kappa shape index (κ2) is 8.56. The number of dihydropyridines is 1. The molecule has 1 amide bonds. The maximum absolute atomic E-state index is 12.2. The third kappa shape index (κ3) is 4.20. The maximum Gasteiger partial charge on any atom is 0.248 e. The van der Waals surface area contributed by atoms with E-state index in [0.29, 0.717) is 18.7 Å².